The fourth-order valence-corrected chi connectivity index (χ4v) is 4.37. The third-order valence-corrected chi connectivity index (χ3v) is 6.03. The molecule has 0 aliphatic carbocycles. The molecule has 182 valence electrons. The molecule has 34 heavy (non-hydrogen) atoms. The Hall–Kier alpha value is -3.40. The Balaban J connectivity index is 1.75. The van der Waals surface area contributed by atoms with Crippen molar-refractivity contribution in [2.24, 2.45) is 0 Å². The van der Waals surface area contributed by atoms with Crippen LogP contribution in [-0.2, 0) is 5.54 Å². The van der Waals surface area contributed by atoms with Gasteiger partial charge in [-0.3, -0.25) is 4.90 Å². The summed E-state index contributed by atoms with van der Waals surface area (Å²) in [7, 11) is 4.86. The van der Waals surface area contributed by atoms with E-state index in [0.29, 0.717) is 17.2 Å². The van der Waals surface area contributed by atoms with Crippen LogP contribution < -0.4 is 19.1 Å². The van der Waals surface area contributed by atoms with Crippen molar-refractivity contribution in [3.63, 3.8) is 0 Å². The molecule has 1 fully saturated rings. The molecule has 3 heterocycles. The highest BCUT2D eigenvalue weighted by Gasteiger charge is 2.34. The number of benzene rings is 1. The van der Waals surface area contributed by atoms with Crippen LogP contribution in [0, 0.1) is 0 Å². The molecule has 0 radical (unpaired) electrons. The number of aromatic nitrogens is 5. The minimum absolute atomic E-state index is 0.200. The van der Waals surface area contributed by atoms with Gasteiger partial charge in [0, 0.05) is 32.4 Å². The Morgan fingerprint density at radius 1 is 0.912 bits per heavy atom. The molecular weight excluding hydrogens is 434 g/mol. The van der Waals surface area contributed by atoms with E-state index in [4.69, 9.17) is 14.2 Å². The van der Waals surface area contributed by atoms with E-state index in [1.807, 2.05) is 41.2 Å². The predicted octanol–water partition coefficient (Wildman–Crippen LogP) is 2.76. The molecule has 0 spiro atoms. The number of methoxy groups -OCH3 is 3. The molecule has 0 N–H and O–H groups in total. The van der Waals surface area contributed by atoms with E-state index in [1.54, 1.807) is 21.3 Å². The Bertz CT molecular complexity index is 1060. The first kappa shape index (κ1) is 23.7. The standard InChI is InChI=1S/C24H33N7O3/c1-24(2,3)31-23(26-27-28-31)21(17-15-18(32-4)22(34-6)19(16-17)33-5)30-13-11-29(12-14-30)20-9-7-8-10-25-20/h7-10,15-16,21H,11-14H2,1-6H3/t21-/m0/s1. The molecule has 10 nitrogen and oxygen atoms in total. The topological polar surface area (TPSA) is 90.7 Å². The molecule has 0 saturated carbocycles. The minimum atomic E-state index is -0.284. The summed E-state index contributed by atoms with van der Waals surface area (Å²) in [6, 6.07) is 9.77. The first-order valence-corrected chi connectivity index (χ1v) is 11.4. The normalized spacial score (nSPS) is 15.8. The summed E-state index contributed by atoms with van der Waals surface area (Å²) in [5.41, 5.74) is 0.689. The first-order valence-electron chi connectivity index (χ1n) is 11.4. The average molecular weight is 468 g/mol. The molecule has 0 bridgehead atoms. The zero-order chi connectivity index (χ0) is 24.3. The molecule has 1 aromatic carbocycles. The van der Waals surface area contributed by atoms with Crippen LogP contribution in [0.4, 0.5) is 5.82 Å². The van der Waals surface area contributed by atoms with E-state index in [1.165, 1.54) is 0 Å². The van der Waals surface area contributed by atoms with Crippen LogP contribution in [0.25, 0.3) is 0 Å². The third-order valence-electron chi connectivity index (χ3n) is 6.03. The van der Waals surface area contributed by atoms with Gasteiger partial charge in [-0.05, 0) is 61.0 Å². The Morgan fingerprint density at radius 2 is 1.59 bits per heavy atom. The quantitative estimate of drug-likeness (QED) is 0.520. The van der Waals surface area contributed by atoms with Gasteiger partial charge in [-0.2, -0.15) is 0 Å². The average Bonchev–Trinajstić information content (AvgIpc) is 3.34. The Morgan fingerprint density at radius 3 is 2.12 bits per heavy atom. The summed E-state index contributed by atoms with van der Waals surface area (Å²) < 4.78 is 18.7. The third kappa shape index (κ3) is 4.63. The first-order chi connectivity index (χ1) is 16.4. The molecule has 0 unspecified atom stereocenters. The van der Waals surface area contributed by atoms with E-state index in [2.05, 4.69) is 51.1 Å². The van der Waals surface area contributed by atoms with Crippen LogP contribution in [0.5, 0.6) is 17.2 Å². The number of pyridine rings is 1. The fourth-order valence-electron chi connectivity index (χ4n) is 4.37. The van der Waals surface area contributed by atoms with Gasteiger partial charge in [0.05, 0.1) is 32.9 Å². The minimum Gasteiger partial charge on any atom is -0.493 e. The van der Waals surface area contributed by atoms with Crippen molar-refractivity contribution in [1.29, 1.82) is 0 Å². The van der Waals surface area contributed by atoms with Crippen LogP contribution in [0.15, 0.2) is 36.5 Å². The number of rotatable bonds is 7. The van der Waals surface area contributed by atoms with Crippen molar-refractivity contribution < 1.29 is 14.2 Å². The van der Waals surface area contributed by atoms with Gasteiger partial charge in [0.25, 0.3) is 0 Å². The van der Waals surface area contributed by atoms with Crippen molar-refractivity contribution in [3.8, 4) is 17.2 Å². The summed E-state index contributed by atoms with van der Waals surface area (Å²) in [5.74, 6) is 3.52. The molecule has 4 rings (SSSR count). The van der Waals surface area contributed by atoms with E-state index in [0.717, 1.165) is 43.4 Å². The number of hydrogen-bond acceptors (Lipinski definition) is 9. The van der Waals surface area contributed by atoms with Gasteiger partial charge in [0.15, 0.2) is 17.3 Å². The largest absolute Gasteiger partial charge is 0.493 e. The Labute approximate surface area is 200 Å². The molecule has 1 aliphatic rings. The number of nitrogens with zero attached hydrogens (tertiary/aromatic N) is 7. The van der Waals surface area contributed by atoms with E-state index < -0.39 is 0 Å². The number of anilines is 1. The van der Waals surface area contributed by atoms with Gasteiger partial charge >= 0.3 is 0 Å². The van der Waals surface area contributed by atoms with Crippen molar-refractivity contribution >= 4 is 5.82 Å². The maximum atomic E-state index is 5.65. The highest BCUT2D eigenvalue weighted by atomic mass is 16.5. The summed E-state index contributed by atoms with van der Waals surface area (Å²) >= 11 is 0. The van der Waals surface area contributed by atoms with E-state index in [-0.39, 0.29) is 11.6 Å². The lowest BCUT2D eigenvalue weighted by Gasteiger charge is -2.40. The monoisotopic (exact) mass is 467 g/mol. The number of tetrazole rings is 1. The van der Waals surface area contributed by atoms with Gasteiger partial charge in [0.1, 0.15) is 5.82 Å². The van der Waals surface area contributed by atoms with Gasteiger partial charge in [-0.15, -0.1) is 5.10 Å². The Kier molecular flexibility index (Phi) is 6.87. The summed E-state index contributed by atoms with van der Waals surface area (Å²) in [4.78, 5) is 9.21. The molecule has 3 aromatic rings. The van der Waals surface area contributed by atoms with Crippen LogP contribution in [-0.4, -0.2) is 77.6 Å². The molecular formula is C24H33N7O3. The molecule has 2 aromatic heterocycles. The predicted molar refractivity (Wildman–Crippen MR) is 129 cm³/mol. The highest BCUT2D eigenvalue weighted by molar-refractivity contribution is 5.55. The number of ether oxygens (including phenoxy) is 3. The SMILES string of the molecule is COc1cc([C@@H](c2nnnn2C(C)(C)C)N2CCN(c3ccccn3)CC2)cc(OC)c1OC. The highest BCUT2D eigenvalue weighted by Crippen LogP contribution is 2.42. The van der Waals surface area contributed by atoms with Gasteiger partial charge < -0.3 is 19.1 Å². The number of piperazine rings is 1. The lowest BCUT2D eigenvalue weighted by atomic mass is 10.0. The van der Waals surface area contributed by atoms with E-state index >= 15 is 0 Å². The second kappa shape index (κ2) is 9.84. The zero-order valence-corrected chi connectivity index (χ0v) is 20.7. The molecule has 1 saturated heterocycles. The lowest BCUT2D eigenvalue weighted by molar-refractivity contribution is 0.190. The molecule has 10 heteroatoms. The fraction of sp³-hybridized carbons (Fsp3) is 0.500. The molecule has 0 amide bonds. The maximum absolute atomic E-state index is 5.65. The second-order valence-electron chi connectivity index (χ2n) is 9.19. The van der Waals surface area contributed by atoms with Gasteiger partial charge in [-0.25, -0.2) is 9.67 Å². The van der Waals surface area contributed by atoms with Crippen LogP contribution in [0.2, 0.25) is 0 Å². The molecule has 1 atom stereocenters. The van der Waals surface area contributed by atoms with Gasteiger partial charge in [-0.1, -0.05) is 6.07 Å². The summed E-state index contributed by atoms with van der Waals surface area (Å²) in [6.45, 7) is 9.60. The lowest BCUT2D eigenvalue weighted by Crippen LogP contribution is -2.49. The van der Waals surface area contributed by atoms with Crippen molar-refractivity contribution in [2.75, 3.05) is 52.4 Å². The van der Waals surface area contributed by atoms with Crippen LogP contribution in [0.3, 0.4) is 0 Å². The summed E-state index contributed by atoms with van der Waals surface area (Å²) in [6.07, 6.45) is 1.83. The molecule has 1 aliphatic heterocycles. The van der Waals surface area contributed by atoms with E-state index in [9.17, 15) is 0 Å². The van der Waals surface area contributed by atoms with Crippen LogP contribution >= 0.6 is 0 Å². The van der Waals surface area contributed by atoms with Crippen molar-refractivity contribution in [3.05, 3.63) is 47.9 Å². The maximum Gasteiger partial charge on any atom is 0.203 e. The van der Waals surface area contributed by atoms with Crippen LogP contribution in [0.1, 0.15) is 38.2 Å². The summed E-state index contributed by atoms with van der Waals surface area (Å²) in [5, 5.41) is 12.9. The zero-order valence-electron chi connectivity index (χ0n) is 20.7. The van der Waals surface area contributed by atoms with Crippen molar-refractivity contribution in [2.45, 2.75) is 32.4 Å². The second-order valence-corrected chi connectivity index (χ2v) is 9.19. The van der Waals surface area contributed by atoms with Gasteiger partial charge in [0.2, 0.25) is 5.75 Å². The number of hydrogen-bond donors (Lipinski definition) is 0. The smallest absolute Gasteiger partial charge is 0.203 e. The van der Waals surface area contributed by atoms with Crippen molar-refractivity contribution in [1.82, 2.24) is 30.1 Å².